The van der Waals surface area contributed by atoms with E-state index in [0.29, 0.717) is 12.3 Å². The maximum Gasteiger partial charge on any atom is 0.409 e. The van der Waals surface area contributed by atoms with E-state index in [4.69, 9.17) is 9.47 Å². The van der Waals surface area contributed by atoms with Crippen LogP contribution < -0.4 is 0 Å². The van der Waals surface area contributed by atoms with Gasteiger partial charge in [0.2, 0.25) is 0 Å². The van der Waals surface area contributed by atoms with E-state index in [1.54, 1.807) is 12.0 Å². The van der Waals surface area contributed by atoms with Gasteiger partial charge in [-0.2, -0.15) is 0 Å². The summed E-state index contributed by atoms with van der Waals surface area (Å²) in [7, 11) is 1.56. The Morgan fingerprint density at radius 1 is 1.48 bits per heavy atom. The summed E-state index contributed by atoms with van der Waals surface area (Å²) in [5.41, 5.74) is 1.21. The number of ether oxygens (including phenoxy) is 2. The number of halogens is 1. The summed E-state index contributed by atoms with van der Waals surface area (Å²) in [4.78, 5) is 13.8. The number of carbonyl (C=O) groups is 1. The van der Waals surface area contributed by atoms with Crippen LogP contribution in [0, 0.1) is 9.49 Å². The molecule has 25 heavy (non-hydrogen) atoms. The lowest BCUT2D eigenvalue weighted by Gasteiger charge is -2.44. The third-order valence-electron chi connectivity index (χ3n) is 5.85. The van der Waals surface area contributed by atoms with Crippen LogP contribution in [0.2, 0.25) is 0 Å². The van der Waals surface area contributed by atoms with Gasteiger partial charge in [-0.05, 0) is 72.2 Å². The normalized spacial score (nSPS) is 28.9. The SMILES string of the molecule is CCC(OCOC)N(C(=O)O)[C@H]1CC2CC[C@@]1(c1ccccc1I)C2. The molecule has 1 N–H and O–H groups in total. The molecule has 2 aliphatic rings. The van der Waals surface area contributed by atoms with E-state index in [9.17, 15) is 9.90 Å². The van der Waals surface area contributed by atoms with Crippen LogP contribution in [0.5, 0.6) is 0 Å². The van der Waals surface area contributed by atoms with E-state index in [0.717, 1.165) is 19.3 Å². The fourth-order valence-corrected chi connectivity index (χ4v) is 5.82. The molecule has 6 heteroatoms. The third-order valence-corrected chi connectivity index (χ3v) is 6.79. The van der Waals surface area contributed by atoms with Crippen molar-refractivity contribution >= 4 is 28.7 Å². The zero-order valence-corrected chi connectivity index (χ0v) is 16.9. The molecule has 0 heterocycles. The Hall–Kier alpha value is -0.860. The monoisotopic (exact) mass is 459 g/mol. The van der Waals surface area contributed by atoms with Crippen molar-refractivity contribution in [2.24, 2.45) is 5.92 Å². The van der Waals surface area contributed by atoms with Crippen molar-refractivity contribution in [3.8, 4) is 0 Å². The Labute approximate surface area is 162 Å². The van der Waals surface area contributed by atoms with Gasteiger partial charge in [0.1, 0.15) is 13.0 Å². The van der Waals surface area contributed by atoms with Crippen molar-refractivity contribution in [3.05, 3.63) is 33.4 Å². The number of hydrogen-bond donors (Lipinski definition) is 1. The Morgan fingerprint density at radius 3 is 2.84 bits per heavy atom. The zero-order chi connectivity index (χ0) is 18.0. The second-order valence-electron chi connectivity index (χ2n) is 7.12. The number of fused-ring (bicyclic) bond motifs is 2. The molecule has 0 saturated heterocycles. The summed E-state index contributed by atoms with van der Waals surface area (Å²) in [6.45, 7) is 2.07. The lowest BCUT2D eigenvalue weighted by atomic mass is 9.73. The van der Waals surface area contributed by atoms with E-state index in [2.05, 4.69) is 40.8 Å². The van der Waals surface area contributed by atoms with E-state index >= 15 is 0 Å². The number of methoxy groups -OCH3 is 1. The van der Waals surface area contributed by atoms with Crippen LogP contribution in [0.1, 0.15) is 44.6 Å². The number of amides is 1. The average Bonchev–Trinajstić information content (AvgIpc) is 3.17. The molecule has 138 valence electrons. The molecule has 3 rings (SSSR count). The third kappa shape index (κ3) is 3.40. The maximum atomic E-state index is 12.2. The minimum Gasteiger partial charge on any atom is -0.465 e. The Kier molecular flexibility index (Phi) is 5.90. The first-order valence-corrected chi connectivity index (χ1v) is 9.98. The Balaban J connectivity index is 1.98. The van der Waals surface area contributed by atoms with Crippen molar-refractivity contribution in [2.45, 2.75) is 56.7 Å². The minimum absolute atomic E-state index is 0.0403. The summed E-state index contributed by atoms with van der Waals surface area (Å²) in [5.74, 6) is 0.600. The molecule has 0 aliphatic heterocycles. The molecule has 1 aromatic carbocycles. The molecule has 2 unspecified atom stereocenters. The number of rotatable bonds is 7. The van der Waals surface area contributed by atoms with Gasteiger partial charge in [0.15, 0.2) is 0 Å². The highest BCUT2D eigenvalue weighted by Crippen LogP contribution is 2.58. The summed E-state index contributed by atoms with van der Waals surface area (Å²) in [6, 6.07) is 8.38. The van der Waals surface area contributed by atoms with Gasteiger partial charge in [-0.25, -0.2) is 4.79 Å². The van der Waals surface area contributed by atoms with Gasteiger partial charge in [-0.3, -0.25) is 4.90 Å². The predicted octanol–water partition coefficient (Wildman–Crippen LogP) is 4.44. The first kappa shape index (κ1) is 18.9. The lowest BCUT2D eigenvalue weighted by Crippen LogP contribution is -2.55. The minimum atomic E-state index is -0.897. The van der Waals surface area contributed by atoms with E-state index in [1.807, 2.05) is 13.0 Å². The molecule has 0 spiro atoms. The summed E-state index contributed by atoms with van der Waals surface area (Å²) < 4.78 is 12.0. The lowest BCUT2D eigenvalue weighted by molar-refractivity contribution is -0.138. The van der Waals surface area contributed by atoms with Crippen LogP contribution in [0.15, 0.2) is 24.3 Å². The van der Waals surface area contributed by atoms with Crippen LogP contribution in [0.25, 0.3) is 0 Å². The van der Waals surface area contributed by atoms with Crippen LogP contribution in [-0.2, 0) is 14.9 Å². The first-order chi connectivity index (χ1) is 12.0. The molecule has 0 aromatic heterocycles. The second-order valence-corrected chi connectivity index (χ2v) is 8.28. The molecule has 5 nitrogen and oxygen atoms in total. The van der Waals surface area contributed by atoms with Crippen molar-refractivity contribution in [1.82, 2.24) is 4.90 Å². The van der Waals surface area contributed by atoms with Crippen LogP contribution in [-0.4, -0.2) is 42.3 Å². The second kappa shape index (κ2) is 7.80. The van der Waals surface area contributed by atoms with Gasteiger partial charge in [0, 0.05) is 22.1 Å². The number of hydrogen-bond acceptors (Lipinski definition) is 3. The van der Waals surface area contributed by atoms with Crippen LogP contribution in [0.4, 0.5) is 4.79 Å². The standard InChI is InChI=1S/C19H26INO4/c1-3-17(25-12-24-2)21(18(22)23)16-10-13-8-9-19(16,11-13)14-6-4-5-7-15(14)20/h4-7,13,16-17H,3,8-12H2,1-2H3,(H,22,23)/t13?,16-,17?,19-/m0/s1. The Morgan fingerprint density at radius 2 is 2.24 bits per heavy atom. The molecule has 2 saturated carbocycles. The zero-order valence-electron chi connectivity index (χ0n) is 14.8. The van der Waals surface area contributed by atoms with Gasteiger partial charge in [-0.1, -0.05) is 25.1 Å². The molecule has 4 atom stereocenters. The van der Waals surface area contributed by atoms with Gasteiger partial charge in [0.25, 0.3) is 0 Å². The Bertz CT molecular complexity index is 625. The topological polar surface area (TPSA) is 59.0 Å². The smallest absolute Gasteiger partial charge is 0.409 e. The average molecular weight is 459 g/mol. The summed E-state index contributed by atoms with van der Waals surface area (Å²) in [6.07, 6.45) is 3.47. The quantitative estimate of drug-likeness (QED) is 0.484. The molecule has 2 aliphatic carbocycles. The molecule has 1 aromatic rings. The molecule has 2 fully saturated rings. The van der Waals surface area contributed by atoms with E-state index in [1.165, 1.54) is 15.6 Å². The summed E-state index contributed by atoms with van der Waals surface area (Å²) in [5, 5.41) is 10.00. The fraction of sp³-hybridized carbons (Fsp3) is 0.632. The maximum absolute atomic E-state index is 12.2. The number of benzene rings is 1. The largest absolute Gasteiger partial charge is 0.465 e. The van der Waals surface area contributed by atoms with Crippen molar-refractivity contribution in [1.29, 1.82) is 0 Å². The predicted molar refractivity (Wildman–Crippen MR) is 103 cm³/mol. The fourth-order valence-electron chi connectivity index (χ4n) is 4.89. The van der Waals surface area contributed by atoms with Crippen molar-refractivity contribution in [2.75, 3.05) is 13.9 Å². The molecular weight excluding hydrogens is 433 g/mol. The first-order valence-electron chi connectivity index (χ1n) is 8.90. The molecule has 2 bridgehead atoms. The molecule has 1 amide bonds. The summed E-state index contributed by atoms with van der Waals surface area (Å²) >= 11 is 2.38. The van der Waals surface area contributed by atoms with Crippen LogP contribution in [0.3, 0.4) is 0 Å². The van der Waals surface area contributed by atoms with Gasteiger partial charge >= 0.3 is 6.09 Å². The van der Waals surface area contributed by atoms with E-state index in [-0.39, 0.29) is 18.2 Å². The highest BCUT2D eigenvalue weighted by Gasteiger charge is 2.57. The van der Waals surface area contributed by atoms with Crippen molar-refractivity contribution < 1.29 is 19.4 Å². The number of carboxylic acid groups (broad SMARTS) is 1. The van der Waals surface area contributed by atoms with Crippen molar-refractivity contribution in [3.63, 3.8) is 0 Å². The van der Waals surface area contributed by atoms with Gasteiger partial charge in [0.05, 0.1) is 0 Å². The van der Waals surface area contributed by atoms with Crippen LogP contribution >= 0.6 is 22.6 Å². The molecule has 0 radical (unpaired) electrons. The highest BCUT2D eigenvalue weighted by atomic mass is 127. The van der Waals surface area contributed by atoms with Gasteiger partial charge < -0.3 is 14.6 Å². The molecular formula is C19H26INO4. The highest BCUT2D eigenvalue weighted by molar-refractivity contribution is 14.1. The van der Waals surface area contributed by atoms with Gasteiger partial charge in [-0.15, -0.1) is 0 Å². The van der Waals surface area contributed by atoms with E-state index < -0.39 is 12.3 Å². The number of nitrogens with zero attached hydrogens (tertiary/aromatic N) is 1.